The Bertz CT molecular complexity index is 988. The van der Waals surface area contributed by atoms with E-state index >= 15 is 0 Å². The van der Waals surface area contributed by atoms with Gasteiger partial charge >= 0.3 is 0 Å². The summed E-state index contributed by atoms with van der Waals surface area (Å²) in [4.78, 5) is 4.49. The van der Waals surface area contributed by atoms with E-state index in [2.05, 4.69) is 4.98 Å². The molecule has 0 spiro atoms. The van der Waals surface area contributed by atoms with Crippen molar-refractivity contribution in [3.63, 3.8) is 0 Å². The number of halogens is 1. The molecule has 0 atom stereocenters. The molecule has 0 radical (unpaired) electrons. The van der Waals surface area contributed by atoms with E-state index < -0.39 is 5.82 Å². The smallest absolute Gasteiger partial charge is 0.196 e. The molecule has 2 aromatic heterocycles. The van der Waals surface area contributed by atoms with E-state index in [-0.39, 0.29) is 5.75 Å². The van der Waals surface area contributed by atoms with Crippen molar-refractivity contribution in [3.8, 4) is 5.75 Å². The number of nitrogens with zero attached hydrogens (tertiary/aromatic N) is 1. The second-order valence-electron chi connectivity index (χ2n) is 4.85. The lowest BCUT2D eigenvalue weighted by atomic mass is 10.1. The lowest BCUT2D eigenvalue weighted by molar-refractivity contribution is 0.474. The first-order chi connectivity index (χ1) is 9.65. The molecule has 4 rings (SSSR count). The van der Waals surface area contributed by atoms with Crippen LogP contribution >= 0.6 is 0 Å². The fourth-order valence-electron chi connectivity index (χ4n) is 2.56. The zero-order valence-electron chi connectivity index (χ0n) is 10.6. The van der Waals surface area contributed by atoms with Gasteiger partial charge in [-0.3, -0.25) is 0 Å². The van der Waals surface area contributed by atoms with Gasteiger partial charge in [0.2, 0.25) is 0 Å². The van der Waals surface area contributed by atoms with Crippen LogP contribution in [-0.4, -0.2) is 10.1 Å². The predicted octanol–water partition coefficient (Wildman–Crippen LogP) is 4.29. The Morgan fingerprint density at radius 2 is 1.95 bits per heavy atom. The van der Waals surface area contributed by atoms with Gasteiger partial charge in [0.05, 0.1) is 5.52 Å². The maximum Gasteiger partial charge on any atom is 0.196 e. The summed E-state index contributed by atoms with van der Waals surface area (Å²) in [5, 5.41) is 11.5. The standard InChI is InChI=1S/C16H10FNO2/c1-8-3-2-4-10-13-16(20-15(8)10)14(19)11-7-9(17)5-6-12(11)18-13/h2-7H,1H3,(H,18,19). The van der Waals surface area contributed by atoms with Crippen molar-refractivity contribution >= 4 is 33.0 Å². The minimum Gasteiger partial charge on any atom is -0.504 e. The quantitative estimate of drug-likeness (QED) is 0.517. The summed E-state index contributed by atoms with van der Waals surface area (Å²) in [5.41, 5.74) is 3.10. The highest BCUT2D eigenvalue weighted by atomic mass is 19.1. The molecular formula is C16H10FNO2. The number of para-hydroxylation sites is 1. The third-order valence-corrected chi connectivity index (χ3v) is 3.55. The van der Waals surface area contributed by atoms with Crippen molar-refractivity contribution in [1.29, 1.82) is 0 Å². The van der Waals surface area contributed by atoms with Gasteiger partial charge in [0.25, 0.3) is 0 Å². The van der Waals surface area contributed by atoms with Crippen LogP contribution in [0, 0.1) is 12.7 Å². The fraction of sp³-hybridized carbons (Fsp3) is 0.0625. The molecular weight excluding hydrogens is 257 g/mol. The molecule has 0 aliphatic rings. The van der Waals surface area contributed by atoms with Crippen molar-refractivity contribution in [2.75, 3.05) is 0 Å². The van der Waals surface area contributed by atoms with Crippen LogP contribution in [-0.2, 0) is 0 Å². The van der Waals surface area contributed by atoms with Crippen LogP contribution in [0.15, 0.2) is 40.8 Å². The van der Waals surface area contributed by atoms with Crippen LogP contribution in [0.25, 0.3) is 33.0 Å². The molecule has 3 nitrogen and oxygen atoms in total. The number of fused-ring (bicyclic) bond motifs is 4. The van der Waals surface area contributed by atoms with E-state index in [4.69, 9.17) is 4.42 Å². The van der Waals surface area contributed by atoms with Crippen LogP contribution in [0.1, 0.15) is 5.56 Å². The Labute approximate surface area is 113 Å². The number of pyridine rings is 1. The van der Waals surface area contributed by atoms with E-state index in [0.29, 0.717) is 27.6 Å². The molecule has 0 unspecified atom stereocenters. The molecule has 4 heteroatoms. The monoisotopic (exact) mass is 267 g/mol. The Balaban J connectivity index is 2.29. The van der Waals surface area contributed by atoms with Crippen molar-refractivity contribution in [1.82, 2.24) is 4.98 Å². The largest absolute Gasteiger partial charge is 0.504 e. The van der Waals surface area contributed by atoms with Gasteiger partial charge in [-0.05, 0) is 36.8 Å². The molecule has 4 aromatic rings. The Morgan fingerprint density at radius 1 is 1.10 bits per heavy atom. The number of benzene rings is 2. The van der Waals surface area contributed by atoms with E-state index in [9.17, 15) is 9.50 Å². The van der Waals surface area contributed by atoms with Gasteiger partial charge in [-0.2, -0.15) is 0 Å². The zero-order valence-corrected chi connectivity index (χ0v) is 10.6. The first kappa shape index (κ1) is 11.2. The van der Waals surface area contributed by atoms with Crippen molar-refractivity contribution in [2.45, 2.75) is 6.92 Å². The second kappa shape index (κ2) is 3.70. The van der Waals surface area contributed by atoms with Crippen molar-refractivity contribution in [3.05, 3.63) is 47.8 Å². The lowest BCUT2D eigenvalue weighted by Crippen LogP contribution is -1.83. The van der Waals surface area contributed by atoms with Gasteiger partial charge in [-0.15, -0.1) is 0 Å². The Hall–Kier alpha value is -2.62. The topological polar surface area (TPSA) is 46.3 Å². The summed E-state index contributed by atoms with van der Waals surface area (Å²) in [5.74, 6) is -0.485. The molecule has 98 valence electrons. The highest BCUT2D eigenvalue weighted by molar-refractivity contribution is 6.10. The normalized spacial score (nSPS) is 11.7. The average Bonchev–Trinajstić information content (AvgIpc) is 2.81. The van der Waals surface area contributed by atoms with Gasteiger partial charge in [0.1, 0.15) is 16.9 Å². The van der Waals surface area contributed by atoms with Crippen molar-refractivity contribution in [2.24, 2.45) is 0 Å². The van der Waals surface area contributed by atoms with Crippen LogP contribution in [0.5, 0.6) is 5.75 Å². The molecule has 0 saturated heterocycles. The summed E-state index contributed by atoms with van der Waals surface area (Å²) in [6.07, 6.45) is 0. The molecule has 20 heavy (non-hydrogen) atoms. The first-order valence-corrected chi connectivity index (χ1v) is 6.25. The highest BCUT2D eigenvalue weighted by Gasteiger charge is 2.16. The molecule has 0 fully saturated rings. The van der Waals surface area contributed by atoms with E-state index in [0.717, 1.165) is 10.9 Å². The summed E-state index contributed by atoms with van der Waals surface area (Å²) in [7, 11) is 0. The number of hydrogen-bond acceptors (Lipinski definition) is 3. The van der Waals surface area contributed by atoms with Gasteiger partial charge in [0.15, 0.2) is 11.3 Å². The molecule has 2 heterocycles. The van der Waals surface area contributed by atoms with Crippen LogP contribution < -0.4 is 0 Å². The molecule has 0 aliphatic carbocycles. The molecule has 2 aromatic carbocycles. The Morgan fingerprint density at radius 3 is 2.80 bits per heavy atom. The minimum atomic E-state index is -0.416. The van der Waals surface area contributed by atoms with Crippen LogP contribution in [0.2, 0.25) is 0 Å². The number of hydrogen-bond donors (Lipinski definition) is 1. The molecule has 0 amide bonds. The van der Waals surface area contributed by atoms with Gasteiger partial charge in [-0.1, -0.05) is 12.1 Å². The minimum absolute atomic E-state index is 0.0694. The number of aromatic nitrogens is 1. The SMILES string of the molecule is Cc1cccc2c1oc1c(O)c3cc(F)ccc3nc12. The Kier molecular flexibility index (Phi) is 2.07. The lowest BCUT2D eigenvalue weighted by Gasteiger charge is -2.01. The molecule has 1 N–H and O–H groups in total. The van der Waals surface area contributed by atoms with E-state index in [1.165, 1.54) is 12.1 Å². The van der Waals surface area contributed by atoms with Gasteiger partial charge in [0, 0.05) is 10.8 Å². The number of aromatic hydroxyl groups is 1. The average molecular weight is 267 g/mol. The second-order valence-corrected chi connectivity index (χ2v) is 4.85. The van der Waals surface area contributed by atoms with Crippen LogP contribution in [0.4, 0.5) is 4.39 Å². The maximum atomic E-state index is 13.3. The van der Waals surface area contributed by atoms with E-state index in [1.807, 2.05) is 25.1 Å². The zero-order chi connectivity index (χ0) is 13.9. The third kappa shape index (κ3) is 1.36. The van der Waals surface area contributed by atoms with Gasteiger partial charge < -0.3 is 9.52 Å². The number of aryl methyl sites for hydroxylation is 1. The van der Waals surface area contributed by atoms with Gasteiger partial charge in [-0.25, -0.2) is 9.37 Å². The highest BCUT2D eigenvalue weighted by Crippen LogP contribution is 2.38. The molecule has 0 saturated carbocycles. The fourth-order valence-corrected chi connectivity index (χ4v) is 2.56. The maximum absolute atomic E-state index is 13.3. The summed E-state index contributed by atoms with van der Waals surface area (Å²) < 4.78 is 19.0. The summed E-state index contributed by atoms with van der Waals surface area (Å²) in [6.45, 7) is 1.93. The molecule has 0 aliphatic heterocycles. The first-order valence-electron chi connectivity index (χ1n) is 6.25. The van der Waals surface area contributed by atoms with E-state index in [1.54, 1.807) is 6.07 Å². The summed E-state index contributed by atoms with van der Waals surface area (Å²) >= 11 is 0. The van der Waals surface area contributed by atoms with Crippen molar-refractivity contribution < 1.29 is 13.9 Å². The molecule has 0 bridgehead atoms. The van der Waals surface area contributed by atoms with Crippen LogP contribution in [0.3, 0.4) is 0 Å². The third-order valence-electron chi connectivity index (χ3n) is 3.55. The number of rotatable bonds is 0. The number of furan rings is 1. The predicted molar refractivity (Wildman–Crippen MR) is 75.4 cm³/mol. The summed E-state index contributed by atoms with van der Waals surface area (Å²) in [6, 6.07) is 9.89.